The zero-order valence-corrected chi connectivity index (χ0v) is 13.9. The Bertz CT molecular complexity index is 632. The molecule has 6 nitrogen and oxygen atoms in total. The van der Waals surface area contributed by atoms with E-state index in [4.69, 9.17) is 18.9 Å². The molecule has 0 N–H and O–H groups in total. The standard InChI is InChI=1S/C18H23NO5/c1-2-18(20)24-12-10-22-8-7-21-9-11-23-17-4-3-16-14-19-6-5-15(16)13-17/h3-6,13-14H,2,7-12H2,1H3. The highest BCUT2D eigenvalue weighted by molar-refractivity contribution is 5.82. The van der Waals surface area contributed by atoms with Crippen LogP contribution in [0.25, 0.3) is 10.8 Å². The molecule has 0 fully saturated rings. The molecule has 0 aliphatic carbocycles. The van der Waals surface area contributed by atoms with Gasteiger partial charge in [0.05, 0.1) is 26.4 Å². The molecule has 0 bridgehead atoms. The molecule has 6 heteroatoms. The molecular formula is C18H23NO5. The van der Waals surface area contributed by atoms with E-state index >= 15 is 0 Å². The molecule has 2 aromatic rings. The minimum atomic E-state index is -0.211. The first-order valence-electron chi connectivity index (χ1n) is 8.07. The molecule has 0 amide bonds. The number of hydrogen-bond donors (Lipinski definition) is 0. The Morgan fingerprint density at radius 1 is 0.958 bits per heavy atom. The summed E-state index contributed by atoms with van der Waals surface area (Å²) in [6.07, 6.45) is 3.97. The van der Waals surface area contributed by atoms with Crippen LogP contribution in [0.4, 0.5) is 0 Å². The molecule has 1 aromatic carbocycles. The molecule has 24 heavy (non-hydrogen) atoms. The molecule has 2 rings (SSSR count). The molecule has 0 aliphatic rings. The van der Waals surface area contributed by atoms with Crippen LogP contribution in [-0.2, 0) is 19.0 Å². The van der Waals surface area contributed by atoms with Gasteiger partial charge in [-0.05, 0) is 29.7 Å². The summed E-state index contributed by atoms with van der Waals surface area (Å²) in [5.41, 5.74) is 0. The van der Waals surface area contributed by atoms with Crippen LogP contribution in [0.1, 0.15) is 13.3 Å². The van der Waals surface area contributed by atoms with Crippen LogP contribution in [0, 0.1) is 0 Å². The summed E-state index contributed by atoms with van der Waals surface area (Å²) < 4.78 is 21.3. The van der Waals surface area contributed by atoms with Gasteiger partial charge in [0.25, 0.3) is 0 Å². The summed E-state index contributed by atoms with van der Waals surface area (Å²) >= 11 is 0. The normalized spacial score (nSPS) is 10.7. The monoisotopic (exact) mass is 333 g/mol. The van der Waals surface area contributed by atoms with Crippen LogP contribution in [-0.4, -0.2) is 50.6 Å². The molecule has 0 aliphatic heterocycles. The number of hydrogen-bond acceptors (Lipinski definition) is 6. The zero-order chi connectivity index (χ0) is 17.0. The fraction of sp³-hybridized carbons (Fsp3) is 0.444. The highest BCUT2D eigenvalue weighted by Crippen LogP contribution is 2.19. The lowest BCUT2D eigenvalue weighted by atomic mass is 10.2. The minimum Gasteiger partial charge on any atom is -0.491 e. The predicted octanol–water partition coefficient (Wildman–Crippen LogP) is 2.60. The molecule has 0 unspecified atom stereocenters. The van der Waals surface area contributed by atoms with Crippen LogP contribution in [0.3, 0.4) is 0 Å². The lowest BCUT2D eigenvalue weighted by molar-refractivity contribution is -0.144. The summed E-state index contributed by atoms with van der Waals surface area (Å²) in [7, 11) is 0. The highest BCUT2D eigenvalue weighted by Gasteiger charge is 1.99. The van der Waals surface area contributed by atoms with Crippen molar-refractivity contribution in [1.29, 1.82) is 0 Å². The summed E-state index contributed by atoms with van der Waals surface area (Å²) in [5, 5.41) is 2.18. The zero-order valence-electron chi connectivity index (χ0n) is 13.9. The van der Waals surface area contributed by atoms with Crippen molar-refractivity contribution in [3.8, 4) is 5.75 Å². The minimum absolute atomic E-state index is 0.211. The Kier molecular flexibility index (Phi) is 8.00. The van der Waals surface area contributed by atoms with E-state index in [0.29, 0.717) is 39.5 Å². The molecule has 1 heterocycles. The van der Waals surface area contributed by atoms with Crippen molar-refractivity contribution in [3.63, 3.8) is 0 Å². The van der Waals surface area contributed by atoms with E-state index in [2.05, 4.69) is 4.98 Å². The Labute approximate surface area is 141 Å². The van der Waals surface area contributed by atoms with E-state index in [1.807, 2.05) is 30.5 Å². The fourth-order valence-corrected chi connectivity index (χ4v) is 2.01. The number of fused-ring (bicyclic) bond motifs is 1. The molecule has 0 spiro atoms. The van der Waals surface area contributed by atoms with Crippen LogP contribution in [0.15, 0.2) is 36.7 Å². The van der Waals surface area contributed by atoms with Gasteiger partial charge >= 0.3 is 5.97 Å². The number of esters is 1. The third-order valence-electron chi connectivity index (χ3n) is 3.26. The quantitative estimate of drug-likeness (QED) is 0.465. The van der Waals surface area contributed by atoms with Crippen molar-refractivity contribution >= 4 is 16.7 Å². The van der Waals surface area contributed by atoms with Gasteiger partial charge in [-0.3, -0.25) is 9.78 Å². The third kappa shape index (κ3) is 6.52. The van der Waals surface area contributed by atoms with Gasteiger partial charge in [0.2, 0.25) is 0 Å². The van der Waals surface area contributed by atoms with Crippen molar-refractivity contribution in [2.24, 2.45) is 0 Å². The molecule has 0 atom stereocenters. The van der Waals surface area contributed by atoms with Gasteiger partial charge in [-0.1, -0.05) is 6.92 Å². The number of nitrogens with zero attached hydrogens (tertiary/aromatic N) is 1. The van der Waals surface area contributed by atoms with Gasteiger partial charge in [0.1, 0.15) is 19.0 Å². The fourth-order valence-electron chi connectivity index (χ4n) is 2.01. The maximum atomic E-state index is 10.9. The van der Waals surface area contributed by atoms with Crippen molar-refractivity contribution < 1.29 is 23.7 Å². The highest BCUT2D eigenvalue weighted by atomic mass is 16.6. The van der Waals surface area contributed by atoms with Gasteiger partial charge in [-0.25, -0.2) is 0 Å². The molecule has 0 radical (unpaired) electrons. The van der Waals surface area contributed by atoms with E-state index in [9.17, 15) is 4.79 Å². The van der Waals surface area contributed by atoms with Crippen LogP contribution >= 0.6 is 0 Å². The van der Waals surface area contributed by atoms with Crippen LogP contribution in [0.5, 0.6) is 5.75 Å². The first-order valence-corrected chi connectivity index (χ1v) is 8.07. The number of carbonyl (C=O) groups is 1. The number of rotatable bonds is 11. The second kappa shape index (κ2) is 10.6. The SMILES string of the molecule is CCC(=O)OCCOCCOCCOc1ccc2cnccc2c1. The van der Waals surface area contributed by atoms with Gasteiger partial charge in [0.15, 0.2) is 0 Å². The average molecular weight is 333 g/mol. The van der Waals surface area contributed by atoms with Gasteiger partial charge in [-0.2, -0.15) is 0 Å². The van der Waals surface area contributed by atoms with E-state index in [0.717, 1.165) is 16.5 Å². The molecule has 1 aromatic heterocycles. The Morgan fingerprint density at radius 2 is 1.71 bits per heavy atom. The second-order valence-corrected chi connectivity index (χ2v) is 5.03. The number of carbonyl (C=O) groups excluding carboxylic acids is 1. The Hall–Kier alpha value is -2.18. The largest absolute Gasteiger partial charge is 0.491 e. The van der Waals surface area contributed by atoms with E-state index in [1.165, 1.54) is 0 Å². The summed E-state index contributed by atoms with van der Waals surface area (Å²) in [5.74, 6) is 0.600. The molecule has 0 saturated carbocycles. The Morgan fingerprint density at radius 3 is 2.50 bits per heavy atom. The second-order valence-electron chi connectivity index (χ2n) is 5.03. The lowest BCUT2D eigenvalue weighted by Crippen LogP contribution is -2.14. The van der Waals surface area contributed by atoms with Crippen LogP contribution in [0.2, 0.25) is 0 Å². The maximum Gasteiger partial charge on any atom is 0.305 e. The van der Waals surface area contributed by atoms with E-state index in [-0.39, 0.29) is 12.6 Å². The number of pyridine rings is 1. The van der Waals surface area contributed by atoms with Gasteiger partial charge < -0.3 is 18.9 Å². The predicted molar refractivity (Wildman–Crippen MR) is 90.1 cm³/mol. The van der Waals surface area contributed by atoms with Crippen molar-refractivity contribution in [3.05, 3.63) is 36.7 Å². The average Bonchev–Trinajstić information content (AvgIpc) is 2.62. The smallest absolute Gasteiger partial charge is 0.305 e. The summed E-state index contributed by atoms with van der Waals surface area (Å²) in [6.45, 7) is 4.34. The van der Waals surface area contributed by atoms with E-state index < -0.39 is 0 Å². The summed E-state index contributed by atoms with van der Waals surface area (Å²) in [6, 6.07) is 7.84. The van der Waals surface area contributed by atoms with Crippen molar-refractivity contribution in [2.75, 3.05) is 39.6 Å². The molecular weight excluding hydrogens is 310 g/mol. The maximum absolute atomic E-state index is 10.9. The van der Waals surface area contributed by atoms with Crippen LogP contribution < -0.4 is 4.74 Å². The topological polar surface area (TPSA) is 66.9 Å². The first-order chi connectivity index (χ1) is 11.8. The molecule has 130 valence electrons. The Balaban J connectivity index is 1.49. The lowest BCUT2D eigenvalue weighted by Gasteiger charge is -2.08. The van der Waals surface area contributed by atoms with Crippen molar-refractivity contribution in [1.82, 2.24) is 4.98 Å². The number of aromatic nitrogens is 1. The number of ether oxygens (including phenoxy) is 4. The first kappa shape index (κ1) is 18.2. The number of benzene rings is 1. The summed E-state index contributed by atoms with van der Waals surface area (Å²) in [4.78, 5) is 15.0. The van der Waals surface area contributed by atoms with Gasteiger partial charge in [-0.15, -0.1) is 0 Å². The van der Waals surface area contributed by atoms with Crippen molar-refractivity contribution in [2.45, 2.75) is 13.3 Å². The molecule has 0 saturated heterocycles. The van der Waals surface area contributed by atoms with Gasteiger partial charge in [0, 0.05) is 24.2 Å². The third-order valence-corrected chi connectivity index (χ3v) is 3.26. The van der Waals surface area contributed by atoms with E-state index in [1.54, 1.807) is 13.1 Å².